The van der Waals surface area contributed by atoms with Gasteiger partial charge >= 0.3 is 0 Å². The highest BCUT2D eigenvalue weighted by atomic mass is 32.1. The van der Waals surface area contributed by atoms with E-state index in [1.165, 1.54) is 17.7 Å². The number of anilines is 1. The van der Waals surface area contributed by atoms with Crippen molar-refractivity contribution >= 4 is 39.6 Å². The molecule has 0 unspecified atom stereocenters. The minimum Gasteiger partial charge on any atom is -0.416 e. The zero-order chi connectivity index (χ0) is 31.6. The van der Waals surface area contributed by atoms with E-state index in [-0.39, 0.29) is 28.9 Å². The van der Waals surface area contributed by atoms with Gasteiger partial charge in [0.05, 0.1) is 22.6 Å². The molecule has 2 heterocycles. The summed E-state index contributed by atoms with van der Waals surface area (Å²) in [7, 11) is -4.05. The largest absolute Gasteiger partial charge is 0.416 e. The van der Waals surface area contributed by atoms with Gasteiger partial charge in [-0.1, -0.05) is 62.3 Å². The van der Waals surface area contributed by atoms with Crippen molar-refractivity contribution in [3.05, 3.63) is 40.0 Å². The summed E-state index contributed by atoms with van der Waals surface area (Å²) < 4.78 is 14.2. The molecule has 0 amide bonds. The number of ketones is 1. The molecule has 0 bridgehead atoms. The van der Waals surface area contributed by atoms with E-state index in [1.807, 2.05) is 5.38 Å². The van der Waals surface area contributed by atoms with E-state index in [9.17, 15) is 9.90 Å². The van der Waals surface area contributed by atoms with Crippen molar-refractivity contribution in [1.29, 1.82) is 0 Å². The number of aliphatic hydroxyl groups is 1. The third-order valence-electron chi connectivity index (χ3n) is 9.78. The van der Waals surface area contributed by atoms with Crippen LogP contribution in [0.15, 0.2) is 24.0 Å². The van der Waals surface area contributed by atoms with Crippen LogP contribution in [0.2, 0.25) is 34.8 Å². The zero-order valence-corrected chi connectivity index (χ0v) is 30.8. The number of hydrogen-bond donors (Lipinski definition) is 2. The second kappa shape index (κ2) is 13.7. The number of carbonyl (C=O) groups excluding carboxylic acids is 1. The molecule has 4 atom stereocenters. The second-order valence-corrected chi connectivity index (χ2v) is 25.8. The lowest BCUT2D eigenvalue weighted by Crippen LogP contribution is -2.51. The number of hydrogen-bond acceptors (Lipinski definition) is 8. The third kappa shape index (κ3) is 7.61. The Bertz CT molecular complexity index is 1170. The summed E-state index contributed by atoms with van der Waals surface area (Å²) in [4.78, 5) is 22.8. The number of rotatable bonds is 13. The normalized spacial score (nSPS) is 21.0. The molecule has 2 aromatic rings. The highest BCUT2D eigenvalue weighted by molar-refractivity contribution is 7.12. The van der Waals surface area contributed by atoms with E-state index < -0.39 is 22.7 Å². The van der Waals surface area contributed by atoms with Crippen LogP contribution in [-0.4, -0.2) is 56.2 Å². The highest BCUT2D eigenvalue weighted by Crippen LogP contribution is 2.46. The SMILES string of the molecule is CC(C)[Si](O[C@H]1C[C@H](Nc2ncncc2C(=O)c2cc([C@H](C)O)cs2)C[C@@H]1CO[Si](C)(C)C(C)(C)C)(C(C)C)C(C)C. The number of aromatic nitrogens is 2. The lowest BCUT2D eigenvalue weighted by atomic mass is 10.1. The van der Waals surface area contributed by atoms with Gasteiger partial charge in [-0.2, -0.15) is 0 Å². The van der Waals surface area contributed by atoms with Gasteiger partial charge in [0.2, 0.25) is 14.1 Å². The molecule has 0 aromatic carbocycles. The topological polar surface area (TPSA) is 93.6 Å². The van der Waals surface area contributed by atoms with E-state index in [0.29, 0.717) is 39.5 Å². The standard InChI is InChI=1S/C32H55N3O4SSi2/c1-20(2)42(21(3)4,22(5)6)39-28-15-26(13-24(28)17-38-41(11,12)32(8,9)10)35-31-27(16-33-19-34-31)30(37)29-14-25(18-40-29)23(7)36/h14,16,18-24,26,28,36H,13,15,17H2,1-12H3,(H,33,34,35)/t23-,24+,26+,28-/m0/s1. The molecule has 2 N–H and O–H groups in total. The van der Waals surface area contributed by atoms with Crippen molar-refractivity contribution in [2.24, 2.45) is 5.92 Å². The fourth-order valence-corrected chi connectivity index (χ4v) is 14.0. The van der Waals surface area contributed by atoms with Crippen LogP contribution in [0.3, 0.4) is 0 Å². The molecule has 1 aliphatic carbocycles. The first-order valence-corrected chi connectivity index (χ1v) is 21.5. The Labute approximate surface area is 260 Å². The van der Waals surface area contributed by atoms with Gasteiger partial charge in [-0.05, 0) is 71.5 Å². The van der Waals surface area contributed by atoms with Crippen LogP contribution in [0, 0.1) is 5.92 Å². The average molecular weight is 634 g/mol. The average Bonchev–Trinajstić information content (AvgIpc) is 3.52. The van der Waals surface area contributed by atoms with Crippen molar-refractivity contribution in [3.63, 3.8) is 0 Å². The molecule has 1 saturated carbocycles. The number of thiophene rings is 1. The molecule has 3 rings (SSSR count). The highest BCUT2D eigenvalue weighted by Gasteiger charge is 2.50. The van der Waals surface area contributed by atoms with Gasteiger partial charge in [-0.15, -0.1) is 11.3 Å². The van der Waals surface area contributed by atoms with Crippen molar-refractivity contribution in [3.8, 4) is 0 Å². The smallest absolute Gasteiger partial charge is 0.208 e. The lowest BCUT2D eigenvalue weighted by Gasteiger charge is -2.45. The molecule has 0 spiro atoms. The van der Waals surface area contributed by atoms with Gasteiger partial charge in [0.1, 0.15) is 12.1 Å². The Hall–Kier alpha value is -1.44. The third-order valence-corrected chi connectivity index (χ3v) is 21.4. The Morgan fingerprint density at radius 2 is 1.71 bits per heavy atom. The Balaban J connectivity index is 1.89. The van der Waals surface area contributed by atoms with E-state index in [2.05, 4.69) is 90.7 Å². The first-order chi connectivity index (χ1) is 19.4. The van der Waals surface area contributed by atoms with Gasteiger partial charge in [0.15, 0.2) is 8.32 Å². The fourth-order valence-electron chi connectivity index (χ4n) is 6.35. The lowest BCUT2D eigenvalue weighted by molar-refractivity contribution is 0.0971. The predicted octanol–water partition coefficient (Wildman–Crippen LogP) is 8.60. The number of nitrogens with zero attached hydrogens (tertiary/aromatic N) is 2. The van der Waals surface area contributed by atoms with Crippen LogP contribution < -0.4 is 5.32 Å². The van der Waals surface area contributed by atoms with E-state index in [4.69, 9.17) is 8.85 Å². The van der Waals surface area contributed by atoms with Crippen LogP contribution in [0.25, 0.3) is 0 Å². The summed E-state index contributed by atoms with van der Waals surface area (Å²) in [6, 6.07) is 1.86. The quantitative estimate of drug-likeness (QED) is 0.169. The number of carbonyl (C=O) groups is 1. The number of aliphatic hydroxyl groups excluding tert-OH is 1. The summed E-state index contributed by atoms with van der Waals surface area (Å²) in [6.07, 6.45) is 4.28. The van der Waals surface area contributed by atoms with Crippen molar-refractivity contribution in [2.75, 3.05) is 11.9 Å². The van der Waals surface area contributed by atoms with E-state index in [1.54, 1.807) is 19.2 Å². The van der Waals surface area contributed by atoms with Gasteiger partial charge < -0.3 is 19.3 Å². The van der Waals surface area contributed by atoms with Crippen LogP contribution in [0.4, 0.5) is 5.82 Å². The van der Waals surface area contributed by atoms with Crippen LogP contribution in [0.1, 0.15) is 109 Å². The molecule has 0 radical (unpaired) electrons. The maximum Gasteiger partial charge on any atom is 0.208 e. The minimum absolute atomic E-state index is 0.0815. The maximum absolute atomic E-state index is 13.5. The van der Waals surface area contributed by atoms with Gasteiger partial charge in [-0.3, -0.25) is 4.79 Å². The maximum atomic E-state index is 13.5. The molecule has 2 aromatic heterocycles. The molecular formula is C32H55N3O4SSi2. The van der Waals surface area contributed by atoms with Gasteiger partial charge in [-0.25, -0.2) is 9.97 Å². The summed E-state index contributed by atoms with van der Waals surface area (Å²) in [5.41, 5.74) is 2.67. The van der Waals surface area contributed by atoms with E-state index in [0.717, 1.165) is 18.4 Å². The molecular weight excluding hydrogens is 579 g/mol. The first-order valence-electron chi connectivity index (χ1n) is 15.6. The van der Waals surface area contributed by atoms with Crippen molar-refractivity contribution in [2.45, 2.75) is 135 Å². The van der Waals surface area contributed by atoms with Crippen LogP contribution in [-0.2, 0) is 8.85 Å². The minimum atomic E-state index is -2.12. The predicted molar refractivity (Wildman–Crippen MR) is 180 cm³/mol. The second-order valence-electron chi connectivity index (χ2n) is 14.7. The summed E-state index contributed by atoms with van der Waals surface area (Å²) in [6.45, 7) is 27.9. The molecule has 0 aliphatic heterocycles. The first kappa shape index (κ1) is 35.0. The fraction of sp³-hybridized carbons (Fsp3) is 0.719. The molecule has 7 nitrogen and oxygen atoms in total. The van der Waals surface area contributed by atoms with Crippen molar-refractivity contribution in [1.82, 2.24) is 9.97 Å². The summed E-state index contributed by atoms with van der Waals surface area (Å²) >= 11 is 1.34. The Morgan fingerprint density at radius 1 is 1.10 bits per heavy atom. The summed E-state index contributed by atoms with van der Waals surface area (Å²) in [5.74, 6) is 0.674. The molecule has 1 aliphatic rings. The van der Waals surface area contributed by atoms with Crippen molar-refractivity contribution < 1.29 is 18.8 Å². The molecule has 42 heavy (non-hydrogen) atoms. The molecule has 1 fully saturated rings. The molecule has 10 heteroatoms. The Morgan fingerprint density at radius 3 is 2.24 bits per heavy atom. The monoisotopic (exact) mass is 633 g/mol. The van der Waals surface area contributed by atoms with E-state index >= 15 is 0 Å². The molecule has 0 saturated heterocycles. The van der Waals surface area contributed by atoms with Crippen LogP contribution >= 0.6 is 11.3 Å². The zero-order valence-electron chi connectivity index (χ0n) is 27.9. The summed E-state index contributed by atoms with van der Waals surface area (Å²) in [5, 5.41) is 15.5. The Kier molecular flexibility index (Phi) is 11.4. The number of nitrogens with one attached hydrogen (secondary N) is 1. The van der Waals surface area contributed by atoms with Gasteiger partial charge in [0, 0.05) is 24.8 Å². The molecule has 236 valence electrons. The van der Waals surface area contributed by atoms with Crippen LogP contribution in [0.5, 0.6) is 0 Å². The van der Waals surface area contributed by atoms with Gasteiger partial charge in [0.25, 0.3) is 0 Å².